The van der Waals surface area contributed by atoms with E-state index in [4.69, 9.17) is 37.0 Å². The first-order valence-electron chi connectivity index (χ1n) is 40.4. The summed E-state index contributed by atoms with van der Waals surface area (Å²) < 4.78 is 68.5. The second kappa shape index (κ2) is 76.4. The van der Waals surface area contributed by atoms with Gasteiger partial charge in [-0.3, -0.25) is 37.3 Å². The van der Waals surface area contributed by atoms with Crippen LogP contribution in [-0.4, -0.2) is 96.7 Å². The Bertz CT molecular complexity index is 2490. The SMILES string of the molecule is CCCCC/C=C\C/C=C\C/C=C\C/C=C\CCCC(=O)O[C@H](COC(=O)CCCCCCC/C=C\C=C/CCCCCC)COP(=O)(O)OC[C@@H](O)COP(=O)(O)OC[C@@H](COC(=O)CCCCCCC/C=C\CCCCCCCC)OC(=O)CCC/C=C\C/C=C\C/C=C\C/C=C\CCCCC. The molecule has 0 aliphatic rings. The standard InChI is InChI=1S/C85H144O17P2/c1-5-9-13-17-21-25-29-33-37-39-43-47-51-55-59-63-67-71-84(89)101-80(75-95-82(87)69-65-61-57-53-49-45-41-35-31-27-23-19-15-11-7-3)77-99-103(91,92)97-73-79(86)74-98-104(93,94)100-78-81(76-96-83(88)70-66-62-58-54-50-46-42-36-32-28-24-20-16-12-8-4)102-85(90)72-68-64-60-56-52-48-44-40-38-34-30-26-22-18-14-10-6-2/h21-22,25-27,31,33-38,41-44,47-48,55-56,59-60,79-81,86H,5-20,23-24,28-30,32,39-40,45-46,49-54,57-58,61-78H2,1-4H3,(H,91,92)(H,93,94)/b25-21-,26-22-,31-27-,37-33-,38-34-,41-35-,42-36-,47-43-,48-44-,59-55-,60-56-/t79-,80-,81-/m1/s1. The minimum atomic E-state index is -5.00. The van der Waals surface area contributed by atoms with E-state index in [1.54, 1.807) is 0 Å². The minimum absolute atomic E-state index is 0.0113. The largest absolute Gasteiger partial charge is 0.472 e. The van der Waals surface area contributed by atoms with Crippen LogP contribution < -0.4 is 0 Å². The summed E-state index contributed by atoms with van der Waals surface area (Å²) in [6.45, 7) is 4.65. The fraction of sp³-hybridized carbons (Fsp3) is 0.694. The quantitative estimate of drug-likeness (QED) is 0.0128. The Morgan fingerprint density at radius 1 is 0.279 bits per heavy atom. The molecule has 3 N–H and O–H groups in total. The van der Waals surface area contributed by atoms with Crippen LogP contribution in [0, 0.1) is 0 Å². The number of ether oxygens (including phenoxy) is 4. The van der Waals surface area contributed by atoms with Crippen molar-refractivity contribution in [3.63, 3.8) is 0 Å². The lowest BCUT2D eigenvalue weighted by Gasteiger charge is -2.21. The molecule has 0 saturated heterocycles. The van der Waals surface area contributed by atoms with Gasteiger partial charge in [0.15, 0.2) is 12.2 Å². The third-order valence-corrected chi connectivity index (χ3v) is 18.5. The molecule has 0 heterocycles. The molecule has 0 amide bonds. The van der Waals surface area contributed by atoms with Gasteiger partial charge in [0.1, 0.15) is 19.3 Å². The number of allylic oxidation sites excluding steroid dienone is 22. The Morgan fingerprint density at radius 3 is 0.846 bits per heavy atom. The molecular formula is C85H144O17P2. The van der Waals surface area contributed by atoms with Crippen molar-refractivity contribution in [1.29, 1.82) is 0 Å². The Hall–Kier alpha value is -4.80. The summed E-state index contributed by atoms with van der Waals surface area (Å²) in [5.41, 5.74) is 0. The number of aliphatic hydroxyl groups excluding tert-OH is 1. The average Bonchev–Trinajstić information content (AvgIpc) is 0.907. The smallest absolute Gasteiger partial charge is 0.462 e. The second-order valence-electron chi connectivity index (χ2n) is 26.7. The predicted molar refractivity (Wildman–Crippen MR) is 427 cm³/mol. The van der Waals surface area contributed by atoms with Crippen molar-refractivity contribution < 1.29 is 80.2 Å². The maximum absolute atomic E-state index is 13.1. The summed E-state index contributed by atoms with van der Waals surface area (Å²) in [6.07, 6.45) is 85.8. The number of phosphoric acid groups is 2. The summed E-state index contributed by atoms with van der Waals surface area (Å²) >= 11 is 0. The minimum Gasteiger partial charge on any atom is -0.462 e. The van der Waals surface area contributed by atoms with E-state index in [0.29, 0.717) is 38.5 Å². The molecule has 0 aromatic heterocycles. The lowest BCUT2D eigenvalue weighted by Crippen LogP contribution is -2.30. The molecular weight excluding hydrogens is 1350 g/mol. The third kappa shape index (κ3) is 75.4. The molecule has 0 aromatic carbocycles. The van der Waals surface area contributed by atoms with Gasteiger partial charge in [0.05, 0.1) is 26.4 Å². The van der Waals surface area contributed by atoms with Gasteiger partial charge in [0.25, 0.3) is 0 Å². The Morgan fingerprint density at radius 2 is 0.510 bits per heavy atom. The fourth-order valence-electron chi connectivity index (χ4n) is 10.4. The monoisotopic (exact) mass is 1500 g/mol. The van der Waals surface area contributed by atoms with E-state index in [0.717, 1.165) is 128 Å². The Kier molecular flexibility index (Phi) is 72.9. The van der Waals surface area contributed by atoms with E-state index in [-0.39, 0.29) is 25.7 Å². The van der Waals surface area contributed by atoms with Crippen molar-refractivity contribution in [1.82, 2.24) is 0 Å². The number of hydrogen-bond acceptors (Lipinski definition) is 15. The number of rotatable bonds is 75. The van der Waals surface area contributed by atoms with Crippen LogP contribution in [0.25, 0.3) is 0 Å². The molecule has 0 radical (unpaired) electrons. The van der Waals surface area contributed by atoms with Crippen molar-refractivity contribution in [3.05, 3.63) is 134 Å². The van der Waals surface area contributed by atoms with Crippen molar-refractivity contribution in [2.24, 2.45) is 0 Å². The maximum atomic E-state index is 13.1. The number of aliphatic hydroxyl groups is 1. The van der Waals surface area contributed by atoms with Crippen molar-refractivity contribution in [2.45, 2.75) is 341 Å². The van der Waals surface area contributed by atoms with E-state index in [2.05, 4.69) is 137 Å². The molecule has 104 heavy (non-hydrogen) atoms. The van der Waals surface area contributed by atoms with Crippen molar-refractivity contribution in [3.8, 4) is 0 Å². The molecule has 0 aliphatic carbocycles. The highest BCUT2D eigenvalue weighted by molar-refractivity contribution is 7.47. The topological polar surface area (TPSA) is 237 Å². The van der Waals surface area contributed by atoms with E-state index in [1.165, 1.54) is 103 Å². The molecule has 0 spiro atoms. The van der Waals surface area contributed by atoms with Crippen LogP contribution in [0.4, 0.5) is 0 Å². The Labute approximate surface area is 631 Å². The molecule has 19 heteroatoms. The van der Waals surface area contributed by atoms with Crippen LogP contribution >= 0.6 is 15.6 Å². The van der Waals surface area contributed by atoms with Crippen LogP contribution in [0.3, 0.4) is 0 Å². The van der Waals surface area contributed by atoms with Crippen molar-refractivity contribution >= 4 is 39.5 Å². The van der Waals surface area contributed by atoms with Gasteiger partial charge in [0, 0.05) is 25.7 Å². The zero-order valence-corrected chi connectivity index (χ0v) is 66.9. The van der Waals surface area contributed by atoms with Crippen LogP contribution in [0.2, 0.25) is 0 Å². The van der Waals surface area contributed by atoms with Crippen LogP contribution in [0.5, 0.6) is 0 Å². The van der Waals surface area contributed by atoms with E-state index in [9.17, 15) is 43.2 Å². The Balaban J connectivity index is 5.49. The van der Waals surface area contributed by atoms with Gasteiger partial charge in [-0.2, -0.15) is 0 Å². The van der Waals surface area contributed by atoms with Crippen LogP contribution in [0.1, 0.15) is 323 Å². The van der Waals surface area contributed by atoms with Gasteiger partial charge in [-0.15, -0.1) is 0 Å². The number of hydrogen-bond donors (Lipinski definition) is 3. The summed E-state index contributed by atoms with van der Waals surface area (Å²) in [5, 5.41) is 10.6. The number of carbonyl (C=O) groups excluding carboxylic acids is 4. The average molecular weight is 1500 g/mol. The van der Waals surface area contributed by atoms with Crippen molar-refractivity contribution in [2.75, 3.05) is 39.6 Å². The first-order valence-corrected chi connectivity index (χ1v) is 43.4. The first kappa shape index (κ1) is 99.2. The first-order chi connectivity index (χ1) is 50.7. The molecule has 596 valence electrons. The molecule has 0 aliphatic heterocycles. The van der Waals surface area contributed by atoms with E-state index < -0.39 is 97.5 Å². The van der Waals surface area contributed by atoms with Gasteiger partial charge in [-0.05, 0) is 154 Å². The predicted octanol–water partition coefficient (Wildman–Crippen LogP) is 23.7. The molecule has 0 rings (SSSR count). The van der Waals surface area contributed by atoms with E-state index >= 15 is 0 Å². The summed E-state index contributed by atoms with van der Waals surface area (Å²) in [5.74, 6) is -2.33. The van der Waals surface area contributed by atoms with E-state index in [1.807, 2.05) is 24.3 Å². The highest BCUT2D eigenvalue weighted by atomic mass is 31.2. The number of unbranched alkanes of at least 4 members (excludes halogenated alkanes) is 28. The highest BCUT2D eigenvalue weighted by Crippen LogP contribution is 2.45. The lowest BCUT2D eigenvalue weighted by molar-refractivity contribution is -0.161. The number of phosphoric ester groups is 2. The lowest BCUT2D eigenvalue weighted by atomic mass is 10.1. The van der Waals surface area contributed by atoms with Gasteiger partial charge in [-0.1, -0.05) is 277 Å². The molecule has 0 aromatic rings. The van der Waals surface area contributed by atoms with Gasteiger partial charge < -0.3 is 33.8 Å². The fourth-order valence-corrected chi connectivity index (χ4v) is 11.9. The zero-order valence-electron chi connectivity index (χ0n) is 65.2. The number of carbonyl (C=O) groups is 4. The summed E-state index contributed by atoms with van der Waals surface area (Å²) in [4.78, 5) is 73.0. The molecule has 0 bridgehead atoms. The maximum Gasteiger partial charge on any atom is 0.472 e. The number of esters is 4. The summed E-state index contributed by atoms with van der Waals surface area (Å²) in [7, 11) is -10.0. The molecule has 2 unspecified atom stereocenters. The van der Waals surface area contributed by atoms with Crippen LogP contribution in [-0.2, 0) is 65.4 Å². The summed E-state index contributed by atoms with van der Waals surface area (Å²) in [6, 6.07) is 0. The van der Waals surface area contributed by atoms with Crippen LogP contribution in [0.15, 0.2) is 134 Å². The van der Waals surface area contributed by atoms with Gasteiger partial charge in [0.2, 0.25) is 0 Å². The van der Waals surface area contributed by atoms with Gasteiger partial charge >= 0.3 is 39.5 Å². The van der Waals surface area contributed by atoms with Gasteiger partial charge in [-0.25, -0.2) is 9.13 Å². The molecule has 0 fully saturated rings. The highest BCUT2D eigenvalue weighted by Gasteiger charge is 2.30. The molecule has 5 atom stereocenters. The normalized spacial score (nSPS) is 14.6. The zero-order chi connectivity index (χ0) is 76.0. The molecule has 17 nitrogen and oxygen atoms in total. The molecule has 0 saturated carbocycles. The third-order valence-electron chi connectivity index (χ3n) is 16.6. The second-order valence-corrected chi connectivity index (χ2v) is 29.6.